The number of rotatable bonds is 7. The number of imidazole rings is 1. The molecule has 0 bridgehead atoms. The summed E-state index contributed by atoms with van der Waals surface area (Å²) in [6.45, 7) is 5.61. The van der Waals surface area contributed by atoms with Gasteiger partial charge < -0.3 is 30.2 Å². The van der Waals surface area contributed by atoms with E-state index in [1.807, 2.05) is 30.3 Å². The summed E-state index contributed by atoms with van der Waals surface area (Å²) >= 11 is 0. The third kappa shape index (κ3) is 11.9. The lowest BCUT2D eigenvalue weighted by molar-refractivity contribution is -0.193. The molecule has 4 rings (SSSR count). The third-order valence-electron chi connectivity index (χ3n) is 5.42. The predicted octanol–water partition coefficient (Wildman–Crippen LogP) is 5.20. The highest BCUT2D eigenvalue weighted by atomic mass is 19.4. The quantitative estimate of drug-likeness (QED) is 0.223. The van der Waals surface area contributed by atoms with Gasteiger partial charge in [0.05, 0.1) is 17.4 Å². The Kier molecular flexibility index (Phi) is 12.2. The van der Waals surface area contributed by atoms with Crippen LogP contribution in [0.15, 0.2) is 48.8 Å². The summed E-state index contributed by atoms with van der Waals surface area (Å²) in [5, 5.41) is 17.8. The first-order chi connectivity index (χ1) is 18.8. The number of nitrogens with zero attached hydrogens (tertiary/aromatic N) is 2. The number of carboxylic acid groups (broad SMARTS) is 2. The van der Waals surface area contributed by atoms with Crippen LogP contribution in [0.5, 0.6) is 11.5 Å². The molecule has 40 heavy (non-hydrogen) atoms. The second-order valence-electron chi connectivity index (χ2n) is 8.51. The van der Waals surface area contributed by atoms with E-state index in [0.717, 1.165) is 42.2 Å². The zero-order valence-corrected chi connectivity index (χ0v) is 21.1. The van der Waals surface area contributed by atoms with Crippen LogP contribution in [0.25, 0.3) is 11.0 Å². The number of H-pyrrole nitrogens is 1. The van der Waals surface area contributed by atoms with E-state index < -0.39 is 24.3 Å². The lowest BCUT2D eigenvalue weighted by atomic mass is 10.1. The fourth-order valence-corrected chi connectivity index (χ4v) is 3.44. The number of hydrogen-bond donors (Lipinski definition) is 4. The number of fused-ring (bicyclic) bond motifs is 1. The molecule has 0 atom stereocenters. The molecule has 220 valence electrons. The van der Waals surface area contributed by atoms with Crippen molar-refractivity contribution in [3.8, 4) is 11.5 Å². The van der Waals surface area contributed by atoms with E-state index in [-0.39, 0.29) is 0 Å². The first-order valence-corrected chi connectivity index (χ1v) is 12.0. The van der Waals surface area contributed by atoms with Crippen LogP contribution < -0.4 is 10.1 Å². The van der Waals surface area contributed by atoms with Crippen LogP contribution in [0.2, 0.25) is 0 Å². The van der Waals surface area contributed by atoms with Gasteiger partial charge in [-0.15, -0.1) is 0 Å². The summed E-state index contributed by atoms with van der Waals surface area (Å²) in [6, 6.07) is 14.2. The van der Waals surface area contributed by atoms with E-state index in [9.17, 15) is 26.3 Å². The van der Waals surface area contributed by atoms with Gasteiger partial charge in [0.1, 0.15) is 11.5 Å². The Labute approximate surface area is 224 Å². The van der Waals surface area contributed by atoms with Crippen LogP contribution >= 0.6 is 0 Å². The number of benzene rings is 2. The maximum absolute atomic E-state index is 10.6. The van der Waals surface area contributed by atoms with Crippen molar-refractivity contribution in [3.63, 3.8) is 0 Å². The Bertz CT molecular complexity index is 1180. The number of carboxylic acids is 2. The van der Waals surface area contributed by atoms with Crippen molar-refractivity contribution in [2.75, 3.05) is 26.2 Å². The van der Waals surface area contributed by atoms with Crippen molar-refractivity contribution < 1.29 is 50.9 Å². The molecule has 1 aromatic heterocycles. The normalized spacial score (nSPS) is 13.9. The largest absolute Gasteiger partial charge is 0.490 e. The van der Waals surface area contributed by atoms with Crippen molar-refractivity contribution in [1.29, 1.82) is 0 Å². The summed E-state index contributed by atoms with van der Waals surface area (Å²) in [4.78, 5) is 27.7. The lowest BCUT2D eigenvalue weighted by Gasteiger charge is -2.26. The van der Waals surface area contributed by atoms with Crippen LogP contribution in [0.4, 0.5) is 26.3 Å². The number of carbonyl (C=O) groups is 2. The maximum atomic E-state index is 10.6. The standard InChI is InChI=1S/C21H26N4O.2C2HF3O2/c1-2-11-25(12-3-1)13-10-22-15-17-4-6-18(7-5-17)26-19-8-9-20-21(14-19)24-16-23-20;2*3-2(4,5)1(6)7/h4-9,14,16,22H,1-3,10-13,15H2,(H,23,24);2*(H,6,7). The van der Waals surface area contributed by atoms with Gasteiger partial charge in [-0.05, 0) is 55.8 Å². The Morgan fingerprint density at radius 3 is 2.00 bits per heavy atom. The Balaban J connectivity index is 0.000000333. The number of aliphatic carboxylic acids is 2. The fourth-order valence-electron chi connectivity index (χ4n) is 3.44. The maximum Gasteiger partial charge on any atom is 0.490 e. The van der Waals surface area contributed by atoms with E-state index in [1.54, 1.807) is 6.33 Å². The zero-order valence-electron chi connectivity index (χ0n) is 21.1. The second-order valence-corrected chi connectivity index (χ2v) is 8.51. The Hall–Kier alpha value is -3.85. The van der Waals surface area contributed by atoms with Gasteiger partial charge in [-0.25, -0.2) is 14.6 Å². The monoisotopic (exact) mass is 578 g/mol. The van der Waals surface area contributed by atoms with Crippen molar-refractivity contribution in [2.24, 2.45) is 0 Å². The summed E-state index contributed by atoms with van der Waals surface area (Å²) in [5.41, 5.74) is 3.21. The number of nitrogens with one attached hydrogen (secondary N) is 2. The minimum atomic E-state index is -5.08. The summed E-state index contributed by atoms with van der Waals surface area (Å²) < 4.78 is 69.4. The third-order valence-corrected chi connectivity index (χ3v) is 5.42. The molecule has 1 saturated heterocycles. The number of aromatic nitrogens is 2. The van der Waals surface area contributed by atoms with Gasteiger partial charge in [-0.2, -0.15) is 26.3 Å². The van der Waals surface area contributed by atoms with Crippen LogP contribution in [-0.4, -0.2) is 75.6 Å². The molecule has 0 aliphatic carbocycles. The second kappa shape index (κ2) is 15.1. The number of piperidine rings is 1. The number of likely N-dealkylation sites (tertiary alicyclic amines) is 1. The summed E-state index contributed by atoms with van der Waals surface area (Å²) in [5.74, 6) is -3.87. The fraction of sp³-hybridized carbons (Fsp3) is 0.400. The van der Waals surface area contributed by atoms with Crippen LogP contribution in [0.1, 0.15) is 24.8 Å². The number of aromatic amines is 1. The number of hydrogen-bond acceptors (Lipinski definition) is 6. The van der Waals surface area contributed by atoms with Gasteiger partial charge >= 0.3 is 24.3 Å². The van der Waals surface area contributed by atoms with Gasteiger partial charge in [-0.1, -0.05) is 18.6 Å². The van der Waals surface area contributed by atoms with Gasteiger partial charge in [-0.3, -0.25) is 0 Å². The van der Waals surface area contributed by atoms with Gasteiger partial charge in [0, 0.05) is 25.7 Å². The Morgan fingerprint density at radius 2 is 1.45 bits per heavy atom. The van der Waals surface area contributed by atoms with E-state index in [2.05, 4.69) is 32.3 Å². The highest BCUT2D eigenvalue weighted by Gasteiger charge is 2.38. The van der Waals surface area contributed by atoms with E-state index in [1.165, 1.54) is 37.9 Å². The van der Waals surface area contributed by atoms with Gasteiger partial charge in [0.25, 0.3) is 0 Å². The van der Waals surface area contributed by atoms with Crippen LogP contribution in [0.3, 0.4) is 0 Å². The highest BCUT2D eigenvalue weighted by molar-refractivity contribution is 5.76. The molecule has 15 heteroatoms. The van der Waals surface area contributed by atoms with Gasteiger partial charge in [0.15, 0.2) is 0 Å². The SMILES string of the molecule is O=C(O)C(F)(F)F.O=C(O)C(F)(F)F.c1nc2cc(Oc3ccc(CNCCN4CCCCC4)cc3)ccc2[nH]1. The lowest BCUT2D eigenvalue weighted by Crippen LogP contribution is -2.35. The Morgan fingerprint density at radius 1 is 0.900 bits per heavy atom. The molecule has 2 aromatic carbocycles. The molecule has 0 spiro atoms. The number of ether oxygens (including phenoxy) is 1. The van der Waals surface area contributed by atoms with Gasteiger partial charge in [0.2, 0.25) is 0 Å². The molecule has 0 unspecified atom stereocenters. The predicted molar refractivity (Wildman–Crippen MR) is 132 cm³/mol. The highest BCUT2D eigenvalue weighted by Crippen LogP contribution is 2.24. The average molecular weight is 579 g/mol. The molecular formula is C25H28F6N4O5. The van der Waals surface area contributed by atoms with E-state index >= 15 is 0 Å². The summed E-state index contributed by atoms with van der Waals surface area (Å²) in [6.07, 6.45) is -4.36. The minimum absolute atomic E-state index is 0.803. The van der Waals surface area contributed by atoms with Crippen molar-refractivity contribution in [3.05, 3.63) is 54.4 Å². The van der Waals surface area contributed by atoms with Crippen molar-refractivity contribution >= 4 is 23.0 Å². The molecule has 0 saturated carbocycles. The average Bonchev–Trinajstić information content (AvgIpc) is 3.36. The first kappa shape index (κ1) is 32.4. The number of alkyl halides is 6. The molecule has 2 heterocycles. The molecule has 4 N–H and O–H groups in total. The zero-order chi connectivity index (χ0) is 29.8. The molecule has 3 aromatic rings. The smallest absolute Gasteiger partial charge is 0.475 e. The molecule has 1 aliphatic rings. The molecule has 1 fully saturated rings. The van der Waals surface area contributed by atoms with Crippen molar-refractivity contribution in [1.82, 2.24) is 20.2 Å². The molecular weight excluding hydrogens is 550 g/mol. The topological polar surface area (TPSA) is 128 Å². The molecule has 1 aliphatic heterocycles. The number of halogens is 6. The van der Waals surface area contributed by atoms with E-state index in [0.29, 0.717) is 0 Å². The molecule has 0 amide bonds. The molecule has 0 radical (unpaired) electrons. The van der Waals surface area contributed by atoms with Crippen molar-refractivity contribution in [2.45, 2.75) is 38.2 Å². The minimum Gasteiger partial charge on any atom is -0.475 e. The van der Waals surface area contributed by atoms with Crippen LogP contribution in [0, 0.1) is 0 Å². The van der Waals surface area contributed by atoms with E-state index in [4.69, 9.17) is 24.5 Å². The first-order valence-electron chi connectivity index (χ1n) is 12.0. The van der Waals surface area contributed by atoms with Crippen LogP contribution in [-0.2, 0) is 16.1 Å². The summed E-state index contributed by atoms with van der Waals surface area (Å²) in [7, 11) is 0. The molecule has 9 nitrogen and oxygen atoms in total.